The van der Waals surface area contributed by atoms with Crippen LogP contribution in [0.3, 0.4) is 0 Å². The molecular formula is C20H18F2N2O5. The molecule has 0 unspecified atom stereocenters. The molecule has 1 saturated heterocycles. The highest BCUT2D eigenvalue weighted by Crippen LogP contribution is 2.32. The summed E-state index contributed by atoms with van der Waals surface area (Å²) in [5, 5.41) is 2.35. The fourth-order valence-corrected chi connectivity index (χ4v) is 3.16. The number of carbonyl (C=O) groups is 3. The van der Waals surface area contributed by atoms with Gasteiger partial charge in [0, 0.05) is 11.6 Å². The van der Waals surface area contributed by atoms with Gasteiger partial charge in [-0.2, -0.15) is 0 Å². The van der Waals surface area contributed by atoms with E-state index in [1.54, 1.807) is 0 Å². The number of amides is 3. The number of methoxy groups -OCH3 is 2. The fourth-order valence-electron chi connectivity index (χ4n) is 3.16. The summed E-state index contributed by atoms with van der Waals surface area (Å²) < 4.78 is 38.0. The number of nitrogens with one attached hydrogen (secondary N) is 1. The third-order valence-electron chi connectivity index (χ3n) is 4.75. The van der Waals surface area contributed by atoms with Gasteiger partial charge >= 0.3 is 6.03 Å². The summed E-state index contributed by atoms with van der Waals surface area (Å²) in [5.74, 6) is -2.39. The SMILES string of the molecule is COc1ccc(C(=O)CN2C(=O)N[C@@](C)(c3cc(F)ccc3F)C2=O)c(OC)c1. The standard InChI is InChI=1S/C20H18F2N2O5/c1-20(14-8-11(21)4-7-15(14)22)18(26)24(19(27)23-20)10-16(25)13-6-5-12(28-2)9-17(13)29-3/h4-9H,10H2,1-3H3,(H,23,27)/t20-/m0/s1. The van der Waals surface area contributed by atoms with E-state index in [-0.39, 0.29) is 16.9 Å². The fraction of sp³-hybridized carbons (Fsp3) is 0.250. The Morgan fingerprint density at radius 1 is 1.10 bits per heavy atom. The summed E-state index contributed by atoms with van der Waals surface area (Å²) in [6, 6.07) is 6.20. The van der Waals surface area contributed by atoms with Gasteiger partial charge in [-0.15, -0.1) is 0 Å². The molecule has 9 heteroatoms. The topological polar surface area (TPSA) is 84.9 Å². The largest absolute Gasteiger partial charge is 0.497 e. The number of Topliss-reactive ketones (excluding diaryl/α,β-unsaturated/α-hetero) is 1. The van der Waals surface area contributed by atoms with E-state index in [1.165, 1.54) is 39.3 Å². The Labute approximate surface area is 165 Å². The van der Waals surface area contributed by atoms with Gasteiger partial charge in [-0.1, -0.05) is 0 Å². The van der Waals surface area contributed by atoms with Crippen molar-refractivity contribution < 1.29 is 32.6 Å². The zero-order chi connectivity index (χ0) is 21.3. The number of imide groups is 1. The number of halogens is 2. The van der Waals surface area contributed by atoms with Crippen molar-refractivity contribution >= 4 is 17.7 Å². The highest BCUT2D eigenvalue weighted by molar-refractivity contribution is 6.11. The quantitative estimate of drug-likeness (QED) is 0.591. The second kappa shape index (κ2) is 7.50. The van der Waals surface area contributed by atoms with Crippen molar-refractivity contribution in [1.82, 2.24) is 10.2 Å². The molecule has 1 fully saturated rings. The number of hydrogen-bond acceptors (Lipinski definition) is 5. The molecule has 1 aliphatic heterocycles. The summed E-state index contributed by atoms with van der Waals surface area (Å²) in [6.45, 7) is 0.656. The molecule has 2 aromatic carbocycles. The molecular weight excluding hydrogens is 386 g/mol. The average Bonchev–Trinajstić information content (AvgIpc) is 2.92. The van der Waals surface area contributed by atoms with Gasteiger partial charge in [0.25, 0.3) is 5.91 Å². The molecule has 0 aromatic heterocycles. The lowest BCUT2D eigenvalue weighted by Crippen LogP contribution is -2.42. The van der Waals surface area contributed by atoms with E-state index in [1.807, 2.05) is 0 Å². The predicted octanol–water partition coefficient (Wildman–Crippen LogP) is 2.63. The lowest BCUT2D eigenvalue weighted by atomic mass is 9.91. The number of ketones is 1. The molecule has 0 saturated carbocycles. The van der Waals surface area contributed by atoms with E-state index in [4.69, 9.17) is 9.47 Å². The molecule has 0 bridgehead atoms. The van der Waals surface area contributed by atoms with E-state index in [0.717, 1.165) is 18.2 Å². The second-order valence-electron chi connectivity index (χ2n) is 6.56. The van der Waals surface area contributed by atoms with E-state index < -0.39 is 41.4 Å². The van der Waals surface area contributed by atoms with Crippen LogP contribution in [0.4, 0.5) is 13.6 Å². The van der Waals surface area contributed by atoms with Crippen LogP contribution in [-0.2, 0) is 10.3 Å². The Hall–Kier alpha value is -3.49. The Bertz CT molecular complexity index is 1010. The summed E-state index contributed by atoms with van der Waals surface area (Å²) >= 11 is 0. The molecule has 7 nitrogen and oxygen atoms in total. The lowest BCUT2D eigenvalue weighted by Gasteiger charge is -2.22. The second-order valence-corrected chi connectivity index (χ2v) is 6.56. The van der Waals surface area contributed by atoms with Crippen LogP contribution in [0.15, 0.2) is 36.4 Å². The van der Waals surface area contributed by atoms with Crippen LogP contribution in [0.5, 0.6) is 11.5 Å². The summed E-state index contributed by atoms with van der Waals surface area (Å²) in [4.78, 5) is 38.6. The molecule has 1 N–H and O–H groups in total. The Balaban J connectivity index is 1.89. The average molecular weight is 404 g/mol. The van der Waals surface area contributed by atoms with Gasteiger partial charge in [0.15, 0.2) is 5.78 Å². The zero-order valence-corrected chi connectivity index (χ0v) is 15.9. The van der Waals surface area contributed by atoms with Gasteiger partial charge < -0.3 is 14.8 Å². The minimum absolute atomic E-state index is 0.138. The lowest BCUT2D eigenvalue weighted by molar-refractivity contribution is -0.130. The van der Waals surface area contributed by atoms with Gasteiger partial charge in [-0.25, -0.2) is 13.6 Å². The molecule has 3 rings (SSSR count). The number of nitrogens with zero attached hydrogens (tertiary/aromatic N) is 1. The van der Waals surface area contributed by atoms with Gasteiger partial charge in [0.2, 0.25) is 0 Å². The summed E-state index contributed by atoms with van der Waals surface area (Å²) in [6.07, 6.45) is 0. The molecule has 0 radical (unpaired) electrons. The number of urea groups is 1. The molecule has 3 amide bonds. The van der Waals surface area contributed by atoms with Crippen molar-refractivity contribution in [2.75, 3.05) is 20.8 Å². The minimum atomic E-state index is -1.84. The van der Waals surface area contributed by atoms with Crippen LogP contribution in [0.25, 0.3) is 0 Å². The molecule has 29 heavy (non-hydrogen) atoms. The Morgan fingerprint density at radius 2 is 1.83 bits per heavy atom. The third kappa shape index (κ3) is 3.51. The maximum absolute atomic E-state index is 14.2. The molecule has 0 spiro atoms. The number of ether oxygens (including phenoxy) is 2. The van der Waals surface area contributed by atoms with Crippen molar-refractivity contribution in [3.63, 3.8) is 0 Å². The summed E-state index contributed by atoms with van der Waals surface area (Å²) in [5.41, 5.74) is -2.03. The first kappa shape index (κ1) is 20.2. The van der Waals surface area contributed by atoms with Gasteiger partial charge in [-0.05, 0) is 37.3 Å². The Kier molecular flexibility index (Phi) is 5.23. The van der Waals surface area contributed by atoms with E-state index in [2.05, 4.69) is 5.32 Å². The van der Waals surface area contributed by atoms with E-state index in [0.29, 0.717) is 10.6 Å². The van der Waals surface area contributed by atoms with Crippen molar-refractivity contribution in [1.29, 1.82) is 0 Å². The number of rotatable bonds is 6. The molecule has 152 valence electrons. The van der Waals surface area contributed by atoms with Crippen LogP contribution in [0, 0.1) is 11.6 Å². The van der Waals surface area contributed by atoms with Crippen molar-refractivity contribution in [2.24, 2.45) is 0 Å². The van der Waals surface area contributed by atoms with Crippen LogP contribution in [-0.4, -0.2) is 43.4 Å². The van der Waals surface area contributed by atoms with Gasteiger partial charge in [0.1, 0.15) is 28.7 Å². The Morgan fingerprint density at radius 3 is 2.48 bits per heavy atom. The van der Waals surface area contributed by atoms with Crippen LogP contribution >= 0.6 is 0 Å². The maximum atomic E-state index is 14.2. The van der Waals surface area contributed by atoms with Crippen LogP contribution in [0.2, 0.25) is 0 Å². The highest BCUT2D eigenvalue weighted by Gasteiger charge is 2.51. The predicted molar refractivity (Wildman–Crippen MR) is 97.8 cm³/mol. The number of benzene rings is 2. The first-order valence-corrected chi connectivity index (χ1v) is 8.56. The minimum Gasteiger partial charge on any atom is -0.497 e. The highest BCUT2D eigenvalue weighted by atomic mass is 19.1. The normalized spacial score (nSPS) is 18.6. The van der Waals surface area contributed by atoms with Crippen LogP contribution < -0.4 is 14.8 Å². The monoisotopic (exact) mass is 404 g/mol. The van der Waals surface area contributed by atoms with Crippen molar-refractivity contribution in [2.45, 2.75) is 12.5 Å². The number of carbonyl (C=O) groups excluding carboxylic acids is 3. The van der Waals surface area contributed by atoms with Gasteiger partial charge in [0.05, 0.1) is 26.3 Å². The maximum Gasteiger partial charge on any atom is 0.325 e. The smallest absolute Gasteiger partial charge is 0.325 e. The molecule has 1 atom stereocenters. The van der Waals surface area contributed by atoms with Gasteiger partial charge in [-0.3, -0.25) is 14.5 Å². The van der Waals surface area contributed by atoms with E-state index >= 15 is 0 Å². The van der Waals surface area contributed by atoms with Crippen molar-refractivity contribution in [3.8, 4) is 11.5 Å². The van der Waals surface area contributed by atoms with Crippen LogP contribution in [0.1, 0.15) is 22.8 Å². The molecule has 1 aliphatic rings. The summed E-state index contributed by atoms with van der Waals surface area (Å²) in [7, 11) is 2.82. The first-order valence-electron chi connectivity index (χ1n) is 8.56. The molecule has 1 heterocycles. The first-order chi connectivity index (χ1) is 13.7. The molecule has 0 aliphatic carbocycles. The number of hydrogen-bond donors (Lipinski definition) is 1. The molecule has 2 aromatic rings. The zero-order valence-electron chi connectivity index (χ0n) is 15.9. The van der Waals surface area contributed by atoms with E-state index in [9.17, 15) is 23.2 Å². The third-order valence-corrected chi connectivity index (χ3v) is 4.75. The van der Waals surface area contributed by atoms with Crippen molar-refractivity contribution in [3.05, 3.63) is 59.2 Å².